The molecule has 1 amide bonds. The molecule has 20 heavy (non-hydrogen) atoms. The first kappa shape index (κ1) is 15.3. The summed E-state index contributed by atoms with van der Waals surface area (Å²) in [6.45, 7) is 3.12. The minimum atomic E-state index is -0.657. The fourth-order valence-electron chi connectivity index (χ4n) is 2.45. The van der Waals surface area contributed by atoms with Crippen LogP contribution >= 0.6 is 15.9 Å². The highest BCUT2D eigenvalue weighted by atomic mass is 79.9. The number of benzene rings is 1. The Hall–Kier alpha value is -1.07. The zero-order valence-corrected chi connectivity index (χ0v) is 13.4. The van der Waals surface area contributed by atoms with Crippen LogP contribution in [0.15, 0.2) is 22.7 Å². The summed E-state index contributed by atoms with van der Waals surface area (Å²) in [6.07, 6.45) is 2.19. The number of aliphatic hydroxyl groups is 1. The third-order valence-electron chi connectivity index (χ3n) is 3.75. The van der Waals surface area contributed by atoms with Gasteiger partial charge in [-0.15, -0.1) is 0 Å². The van der Waals surface area contributed by atoms with Gasteiger partial charge in [-0.1, -0.05) is 0 Å². The van der Waals surface area contributed by atoms with Gasteiger partial charge in [0.2, 0.25) is 0 Å². The Bertz CT molecular complexity index is 502. The van der Waals surface area contributed by atoms with Gasteiger partial charge >= 0.3 is 0 Å². The summed E-state index contributed by atoms with van der Waals surface area (Å²) in [5, 5.41) is 10.1. The first-order valence-corrected chi connectivity index (χ1v) is 7.57. The van der Waals surface area contributed by atoms with Gasteiger partial charge in [-0.3, -0.25) is 4.79 Å². The maximum Gasteiger partial charge on any atom is 0.253 e. The molecule has 1 heterocycles. The summed E-state index contributed by atoms with van der Waals surface area (Å²) < 4.78 is 5.94. The number of halogens is 1. The maximum absolute atomic E-state index is 12.5. The zero-order valence-electron chi connectivity index (χ0n) is 11.9. The number of ether oxygens (including phenoxy) is 1. The van der Waals surface area contributed by atoms with Crippen LogP contribution in [-0.4, -0.2) is 41.7 Å². The van der Waals surface area contributed by atoms with E-state index < -0.39 is 5.60 Å². The molecule has 4 nitrogen and oxygen atoms in total. The fraction of sp³-hybridized carbons (Fsp3) is 0.533. The molecule has 1 aliphatic rings. The minimum Gasteiger partial charge on any atom is -0.496 e. The molecule has 0 radical (unpaired) electrons. The van der Waals surface area contributed by atoms with Crippen LogP contribution in [0.5, 0.6) is 5.75 Å². The average molecular weight is 342 g/mol. The molecule has 0 spiro atoms. The quantitative estimate of drug-likeness (QED) is 0.899. The number of likely N-dealkylation sites (tertiary alicyclic amines) is 1. The lowest BCUT2D eigenvalue weighted by molar-refractivity contribution is 0.0438. The van der Waals surface area contributed by atoms with Crippen molar-refractivity contribution in [2.24, 2.45) is 0 Å². The summed E-state index contributed by atoms with van der Waals surface area (Å²) in [6, 6.07) is 5.34. The van der Waals surface area contributed by atoms with Gasteiger partial charge in [-0.2, -0.15) is 0 Å². The topological polar surface area (TPSA) is 49.8 Å². The molecule has 2 rings (SSSR count). The standard InChI is InChI=1S/C15H20BrNO3/c1-15(19)6-3-8-17(9-7-15)14(18)11-4-5-13(20-2)12(16)10-11/h4-5,10,19H,3,6-9H2,1-2H3. The van der Waals surface area contributed by atoms with Crippen molar-refractivity contribution in [2.75, 3.05) is 20.2 Å². The summed E-state index contributed by atoms with van der Waals surface area (Å²) in [4.78, 5) is 14.3. The minimum absolute atomic E-state index is 0.00560. The van der Waals surface area contributed by atoms with Gasteiger partial charge < -0.3 is 14.7 Å². The number of carbonyl (C=O) groups is 1. The number of hydrogen-bond donors (Lipinski definition) is 1. The normalized spacial score (nSPS) is 23.3. The van der Waals surface area contributed by atoms with Gasteiger partial charge in [0.15, 0.2) is 0 Å². The molecule has 1 N–H and O–H groups in total. The van der Waals surface area contributed by atoms with E-state index in [4.69, 9.17) is 4.74 Å². The number of hydrogen-bond acceptors (Lipinski definition) is 3. The Morgan fingerprint density at radius 2 is 2.15 bits per heavy atom. The van der Waals surface area contributed by atoms with E-state index in [1.807, 2.05) is 11.8 Å². The number of rotatable bonds is 2. The highest BCUT2D eigenvalue weighted by Crippen LogP contribution is 2.27. The van der Waals surface area contributed by atoms with Crippen molar-refractivity contribution in [3.63, 3.8) is 0 Å². The Labute approximate surface area is 127 Å². The third kappa shape index (κ3) is 3.52. The molecule has 0 aliphatic carbocycles. The SMILES string of the molecule is COc1ccc(C(=O)N2CCCC(C)(O)CC2)cc1Br. The van der Waals surface area contributed by atoms with Gasteiger partial charge in [0.1, 0.15) is 5.75 Å². The van der Waals surface area contributed by atoms with Crippen molar-refractivity contribution in [1.82, 2.24) is 4.90 Å². The van der Waals surface area contributed by atoms with Crippen LogP contribution in [0.3, 0.4) is 0 Å². The van der Waals surface area contributed by atoms with Crippen molar-refractivity contribution in [2.45, 2.75) is 31.8 Å². The molecule has 1 aromatic carbocycles. The first-order valence-electron chi connectivity index (χ1n) is 6.78. The van der Waals surface area contributed by atoms with Gasteiger partial charge in [0, 0.05) is 18.7 Å². The Morgan fingerprint density at radius 3 is 2.80 bits per heavy atom. The number of nitrogens with zero attached hydrogens (tertiary/aromatic N) is 1. The van der Waals surface area contributed by atoms with Crippen LogP contribution in [0.25, 0.3) is 0 Å². The maximum atomic E-state index is 12.5. The molecule has 0 saturated carbocycles. The van der Waals surface area contributed by atoms with Crippen molar-refractivity contribution in [3.05, 3.63) is 28.2 Å². The number of methoxy groups -OCH3 is 1. The van der Waals surface area contributed by atoms with Crippen LogP contribution in [0, 0.1) is 0 Å². The summed E-state index contributed by atoms with van der Waals surface area (Å²) in [5.41, 5.74) is -0.0191. The Morgan fingerprint density at radius 1 is 1.40 bits per heavy atom. The van der Waals surface area contributed by atoms with Gasteiger partial charge in [-0.25, -0.2) is 0 Å². The molecule has 0 aromatic heterocycles. The lowest BCUT2D eigenvalue weighted by Crippen LogP contribution is -2.33. The monoisotopic (exact) mass is 341 g/mol. The van der Waals surface area contributed by atoms with Gasteiger partial charge in [0.05, 0.1) is 17.2 Å². The van der Waals surface area contributed by atoms with E-state index in [0.717, 1.165) is 17.3 Å². The summed E-state index contributed by atoms with van der Waals surface area (Å²) >= 11 is 3.40. The van der Waals surface area contributed by atoms with Gasteiger partial charge in [-0.05, 0) is 60.3 Å². The molecule has 110 valence electrons. The van der Waals surface area contributed by atoms with Crippen LogP contribution < -0.4 is 4.74 Å². The van der Waals surface area contributed by atoms with Crippen molar-refractivity contribution >= 4 is 21.8 Å². The van der Waals surface area contributed by atoms with Crippen molar-refractivity contribution < 1.29 is 14.6 Å². The molecule has 1 aromatic rings. The largest absolute Gasteiger partial charge is 0.496 e. The van der Waals surface area contributed by atoms with Crippen molar-refractivity contribution in [3.8, 4) is 5.75 Å². The van der Waals surface area contributed by atoms with Crippen LogP contribution in [0.1, 0.15) is 36.5 Å². The number of amides is 1. The lowest BCUT2D eigenvalue weighted by atomic mass is 9.98. The highest BCUT2D eigenvalue weighted by Gasteiger charge is 2.27. The van der Waals surface area contributed by atoms with E-state index in [2.05, 4.69) is 15.9 Å². The fourth-order valence-corrected chi connectivity index (χ4v) is 2.99. The van der Waals surface area contributed by atoms with Crippen LogP contribution in [-0.2, 0) is 0 Å². The molecule has 0 bridgehead atoms. The van der Waals surface area contributed by atoms with E-state index in [9.17, 15) is 9.90 Å². The van der Waals surface area contributed by atoms with Crippen LogP contribution in [0.4, 0.5) is 0 Å². The molecule has 1 fully saturated rings. The molecule has 1 aliphatic heterocycles. The summed E-state index contributed by atoms with van der Waals surface area (Å²) in [7, 11) is 1.60. The second-order valence-electron chi connectivity index (χ2n) is 5.49. The Balaban J connectivity index is 2.13. The lowest BCUT2D eigenvalue weighted by Gasteiger charge is -2.22. The third-order valence-corrected chi connectivity index (χ3v) is 4.37. The molecular weight excluding hydrogens is 322 g/mol. The second-order valence-corrected chi connectivity index (χ2v) is 6.35. The van der Waals surface area contributed by atoms with E-state index in [-0.39, 0.29) is 5.91 Å². The van der Waals surface area contributed by atoms with E-state index in [1.54, 1.807) is 25.3 Å². The van der Waals surface area contributed by atoms with E-state index in [0.29, 0.717) is 30.8 Å². The van der Waals surface area contributed by atoms with E-state index in [1.165, 1.54) is 0 Å². The van der Waals surface area contributed by atoms with Gasteiger partial charge in [0.25, 0.3) is 5.91 Å². The average Bonchev–Trinajstić information content (AvgIpc) is 2.59. The van der Waals surface area contributed by atoms with E-state index >= 15 is 0 Å². The van der Waals surface area contributed by atoms with Crippen LogP contribution in [0.2, 0.25) is 0 Å². The molecular formula is C15H20BrNO3. The predicted octanol–water partition coefficient (Wildman–Crippen LogP) is 2.83. The summed E-state index contributed by atoms with van der Waals surface area (Å²) in [5.74, 6) is 0.714. The predicted molar refractivity (Wildman–Crippen MR) is 81.1 cm³/mol. The Kier molecular flexibility index (Phi) is 4.70. The highest BCUT2D eigenvalue weighted by molar-refractivity contribution is 9.10. The molecule has 5 heteroatoms. The first-order chi connectivity index (χ1) is 9.43. The molecule has 1 unspecified atom stereocenters. The second kappa shape index (κ2) is 6.14. The molecule has 1 saturated heterocycles. The smallest absolute Gasteiger partial charge is 0.253 e. The zero-order chi connectivity index (χ0) is 14.8. The van der Waals surface area contributed by atoms with Crippen molar-refractivity contribution in [1.29, 1.82) is 0 Å². The number of carbonyl (C=O) groups excluding carboxylic acids is 1. The molecule has 1 atom stereocenters.